The van der Waals surface area contributed by atoms with Crippen LogP contribution in [0.1, 0.15) is 36.0 Å². The zero-order chi connectivity index (χ0) is 27.0. The van der Waals surface area contributed by atoms with Gasteiger partial charge in [0.05, 0.1) is 12.1 Å². The minimum atomic E-state index is -0.657. The number of hydrogen-bond acceptors (Lipinski definition) is 8. The first-order valence-corrected chi connectivity index (χ1v) is 13.4. The molecule has 3 aliphatic rings. The molecule has 2 aliphatic carbocycles. The Kier molecular flexibility index (Phi) is 7.58. The quantitative estimate of drug-likeness (QED) is 0.321. The number of carbonyl (C=O) groups is 2. The number of likely N-dealkylation sites (N-methyl/N-ethyl adjacent to an activating group) is 1. The van der Waals surface area contributed by atoms with E-state index in [-0.39, 0.29) is 34.6 Å². The fourth-order valence-electron chi connectivity index (χ4n) is 6.63. The number of hydrogen-bond donors (Lipinski definition) is 3. The number of piperazine rings is 1. The van der Waals surface area contributed by atoms with Crippen LogP contribution in [0, 0.1) is 34.4 Å². The van der Waals surface area contributed by atoms with E-state index in [1.54, 1.807) is 12.1 Å². The standard InChI is InChI=1S/C26H31ClFN7O3/c1-34-6-8-35(9-7-34)20-4-3-16(33-38)12-18(20)21(36)5-2-14-10-15-11-17(14)23(22(15)24(29)37)31-25-19(28)13-30-26(27)32-25/h3-4,12-15,17,22-23H,2,5-11H2,1H3,(H2,29,37)(H,30,31,32)/p+1/t14-,15+,17-,22+,23-/m1/s1. The van der Waals surface area contributed by atoms with Gasteiger partial charge in [0.1, 0.15) is 0 Å². The predicted octanol–water partition coefficient (Wildman–Crippen LogP) is 1.70. The number of halogens is 2. The molecule has 12 heteroatoms. The van der Waals surface area contributed by atoms with Crippen LogP contribution in [0.5, 0.6) is 0 Å². The number of carbonyl (C=O) groups excluding carboxylic acids is 2. The van der Waals surface area contributed by atoms with Gasteiger partial charge in [0.2, 0.25) is 11.2 Å². The summed E-state index contributed by atoms with van der Waals surface area (Å²) in [5.41, 5.74) is 7.48. The van der Waals surface area contributed by atoms with Crippen LogP contribution in [-0.4, -0.2) is 65.8 Å². The van der Waals surface area contributed by atoms with Crippen LogP contribution in [0.25, 0.3) is 0 Å². The van der Waals surface area contributed by atoms with Crippen LogP contribution in [0.3, 0.4) is 0 Å². The number of nitrogens with two attached hydrogens (primary N) is 1. The van der Waals surface area contributed by atoms with Crippen molar-refractivity contribution in [3.8, 4) is 0 Å². The third-order valence-corrected chi connectivity index (χ3v) is 8.67. The summed E-state index contributed by atoms with van der Waals surface area (Å²) in [6, 6.07) is 4.78. The molecule has 1 saturated heterocycles. The highest BCUT2D eigenvalue weighted by Crippen LogP contribution is 2.54. The Morgan fingerprint density at radius 2 is 2.00 bits per heavy atom. The highest BCUT2D eigenvalue weighted by Gasteiger charge is 2.54. The van der Waals surface area contributed by atoms with E-state index in [1.165, 1.54) is 0 Å². The van der Waals surface area contributed by atoms with Gasteiger partial charge < -0.3 is 20.9 Å². The molecule has 2 saturated carbocycles. The topological polar surface area (TPSA) is 135 Å². The number of nitroso groups, excluding NO2 is 1. The summed E-state index contributed by atoms with van der Waals surface area (Å²) in [7, 11) is 2.07. The monoisotopic (exact) mass is 544 g/mol. The predicted molar refractivity (Wildman–Crippen MR) is 141 cm³/mol. The maximum absolute atomic E-state index is 14.4. The number of benzene rings is 1. The van der Waals surface area contributed by atoms with Gasteiger partial charge in [-0.2, -0.15) is 4.98 Å². The zero-order valence-electron chi connectivity index (χ0n) is 21.2. The maximum atomic E-state index is 14.4. The molecular formula is C26H32ClFN7O3+. The first-order chi connectivity index (χ1) is 18.2. The van der Waals surface area contributed by atoms with E-state index in [4.69, 9.17) is 17.3 Å². The van der Waals surface area contributed by atoms with Crippen LogP contribution >= 0.6 is 11.6 Å². The van der Waals surface area contributed by atoms with Gasteiger partial charge in [-0.05, 0) is 61.7 Å². The second-order valence-electron chi connectivity index (χ2n) is 10.7. The molecule has 1 amide bonds. The maximum Gasteiger partial charge on any atom is 0.254 e. The number of nitrogens with zero attached hydrogens (tertiary/aromatic N) is 4. The molecule has 38 heavy (non-hydrogen) atoms. The van der Waals surface area contributed by atoms with Crippen LogP contribution in [0.4, 0.5) is 21.6 Å². The number of Topliss-reactive ketones (excluding diaryl/α,β-unsaturated/α-hetero) is 1. The molecule has 2 bridgehead atoms. The fourth-order valence-corrected chi connectivity index (χ4v) is 6.77. The van der Waals surface area contributed by atoms with Crippen molar-refractivity contribution in [3.05, 3.63) is 46.0 Å². The van der Waals surface area contributed by atoms with Gasteiger partial charge in [0.15, 0.2) is 17.4 Å². The summed E-state index contributed by atoms with van der Waals surface area (Å²) in [4.78, 5) is 49.2. The lowest BCUT2D eigenvalue weighted by molar-refractivity contribution is -0.379. The van der Waals surface area contributed by atoms with Gasteiger partial charge in [-0.3, -0.25) is 9.59 Å². The summed E-state index contributed by atoms with van der Waals surface area (Å²) in [5.74, 6) is -1.37. The number of aromatic nitrogens is 2. The van der Waals surface area contributed by atoms with Crippen molar-refractivity contribution in [2.24, 2.45) is 29.4 Å². The number of amides is 1. The lowest BCUT2D eigenvalue weighted by Crippen LogP contribution is -2.55. The van der Waals surface area contributed by atoms with E-state index < -0.39 is 23.7 Å². The first kappa shape index (κ1) is 26.4. The van der Waals surface area contributed by atoms with Crippen LogP contribution in [0.15, 0.2) is 24.4 Å². The van der Waals surface area contributed by atoms with Crippen LogP contribution in [-0.2, 0) is 4.79 Å². The average Bonchev–Trinajstić information content (AvgIpc) is 3.48. The average molecular weight is 545 g/mol. The van der Waals surface area contributed by atoms with E-state index in [2.05, 4.69) is 32.1 Å². The van der Waals surface area contributed by atoms with E-state index in [0.717, 1.165) is 50.9 Å². The molecule has 1 aliphatic heterocycles. The molecule has 1 aromatic carbocycles. The summed E-state index contributed by atoms with van der Waals surface area (Å²) < 4.78 is 14.4. The Hall–Kier alpha value is -3.18. The number of nitrogens with one attached hydrogen (secondary N) is 2. The number of anilines is 2. The Morgan fingerprint density at radius 3 is 2.71 bits per heavy atom. The van der Waals surface area contributed by atoms with E-state index in [9.17, 15) is 18.9 Å². The molecule has 1 aromatic heterocycles. The van der Waals surface area contributed by atoms with Crippen molar-refractivity contribution in [1.82, 2.24) is 14.9 Å². The van der Waals surface area contributed by atoms with Crippen molar-refractivity contribution in [3.63, 3.8) is 0 Å². The van der Waals surface area contributed by atoms with Gasteiger partial charge in [0, 0.05) is 72.1 Å². The number of rotatable bonds is 9. The van der Waals surface area contributed by atoms with Gasteiger partial charge in [-0.1, -0.05) is 0 Å². The van der Waals surface area contributed by atoms with E-state index in [1.807, 2.05) is 11.2 Å². The van der Waals surface area contributed by atoms with Gasteiger partial charge in [0.25, 0.3) is 5.69 Å². The van der Waals surface area contributed by atoms with Crippen molar-refractivity contribution in [2.75, 3.05) is 43.4 Å². The minimum Gasteiger partial charge on any atom is -0.369 e. The van der Waals surface area contributed by atoms with Gasteiger partial charge in [-0.25, -0.2) is 9.37 Å². The second kappa shape index (κ2) is 10.9. The molecule has 4 N–H and O–H groups in total. The van der Waals surface area contributed by atoms with E-state index >= 15 is 0 Å². The SMILES string of the molecule is CN1CCN(c2ccc([NH+]=O)cc2C(=O)CC[C@@H]2C[C@H]3C[C@H]2[C@@H](Nc2nc(Cl)ncc2F)[C@H]3C(N)=O)CC1. The Balaban J connectivity index is 1.31. The normalized spacial score (nSPS) is 26.9. The fraction of sp³-hybridized carbons (Fsp3) is 0.538. The molecule has 2 heterocycles. The third kappa shape index (κ3) is 5.22. The first-order valence-electron chi connectivity index (χ1n) is 13.0. The summed E-state index contributed by atoms with van der Waals surface area (Å²) in [5, 5.41) is 4.89. The molecular weight excluding hydrogens is 513 g/mol. The highest BCUT2D eigenvalue weighted by atomic mass is 35.5. The van der Waals surface area contributed by atoms with Crippen LogP contribution < -0.4 is 21.1 Å². The number of ketones is 1. The van der Waals surface area contributed by atoms with Gasteiger partial charge in [-0.15, -0.1) is 0 Å². The van der Waals surface area contributed by atoms with E-state index in [0.29, 0.717) is 24.1 Å². The zero-order valence-corrected chi connectivity index (χ0v) is 22.0. The summed E-state index contributed by atoms with van der Waals surface area (Å²) in [6.07, 6.45) is 3.46. The third-order valence-electron chi connectivity index (χ3n) is 8.49. The molecule has 3 fully saturated rings. The smallest absolute Gasteiger partial charge is 0.254 e. The Morgan fingerprint density at radius 1 is 1.24 bits per heavy atom. The molecule has 202 valence electrons. The number of primary amides is 1. The van der Waals surface area contributed by atoms with Crippen molar-refractivity contribution in [2.45, 2.75) is 31.7 Å². The minimum absolute atomic E-state index is 0.0246. The molecule has 2 aromatic rings. The lowest BCUT2D eigenvalue weighted by Gasteiger charge is -2.35. The summed E-state index contributed by atoms with van der Waals surface area (Å²) >= 11 is 5.86. The molecule has 0 radical (unpaired) electrons. The lowest BCUT2D eigenvalue weighted by atomic mass is 9.75. The van der Waals surface area contributed by atoms with Crippen LogP contribution in [0.2, 0.25) is 5.28 Å². The van der Waals surface area contributed by atoms with Crippen molar-refractivity contribution in [1.29, 1.82) is 0 Å². The Bertz CT molecular complexity index is 1240. The van der Waals surface area contributed by atoms with Crippen molar-refractivity contribution >= 4 is 40.5 Å². The number of fused-ring (bicyclic) bond motifs is 2. The molecule has 10 nitrogen and oxygen atoms in total. The second-order valence-corrected chi connectivity index (χ2v) is 11.0. The van der Waals surface area contributed by atoms with Gasteiger partial charge >= 0.3 is 0 Å². The summed E-state index contributed by atoms with van der Waals surface area (Å²) in [6.45, 7) is 3.40. The molecule has 5 rings (SSSR count). The molecule has 0 unspecified atom stereocenters. The van der Waals surface area contributed by atoms with Crippen molar-refractivity contribution < 1.29 is 19.2 Å². The highest BCUT2D eigenvalue weighted by molar-refractivity contribution is 6.28. The molecule has 5 atom stereocenters. The largest absolute Gasteiger partial charge is 0.369 e. The Labute approximate surface area is 225 Å². The molecule has 0 spiro atoms.